The third-order valence-corrected chi connectivity index (χ3v) is 4.98. The average molecular weight is 321 g/mol. The van der Waals surface area contributed by atoms with Gasteiger partial charge in [-0.2, -0.15) is 0 Å². The highest BCUT2D eigenvalue weighted by molar-refractivity contribution is 7.20. The summed E-state index contributed by atoms with van der Waals surface area (Å²) in [4.78, 5) is 30.2. The van der Waals surface area contributed by atoms with E-state index in [1.807, 2.05) is 13.8 Å². The summed E-state index contributed by atoms with van der Waals surface area (Å²) in [5, 5.41) is 3.52. The minimum Gasteiger partial charge on any atom is -0.351 e. The summed E-state index contributed by atoms with van der Waals surface area (Å²) in [5.41, 5.74) is 0.676. The molecular formula is C16H23N3O2S. The van der Waals surface area contributed by atoms with Gasteiger partial charge in [0.1, 0.15) is 4.83 Å². The zero-order valence-corrected chi connectivity index (χ0v) is 14.3. The van der Waals surface area contributed by atoms with Crippen LogP contribution < -0.4 is 10.9 Å². The Labute approximate surface area is 134 Å². The van der Waals surface area contributed by atoms with E-state index in [0.29, 0.717) is 28.2 Å². The summed E-state index contributed by atoms with van der Waals surface area (Å²) in [6.07, 6.45) is 6.04. The maximum atomic E-state index is 12.3. The number of hydrogen-bond donors (Lipinski definition) is 1. The van der Waals surface area contributed by atoms with Gasteiger partial charge in [-0.1, -0.05) is 26.2 Å². The van der Waals surface area contributed by atoms with Crippen molar-refractivity contribution in [2.45, 2.75) is 53.0 Å². The average Bonchev–Trinajstić information content (AvgIpc) is 2.85. The van der Waals surface area contributed by atoms with E-state index in [0.717, 1.165) is 18.4 Å². The highest BCUT2D eigenvalue weighted by atomic mass is 32.1. The molecule has 6 heteroatoms. The molecule has 0 saturated carbocycles. The molecule has 0 aliphatic heterocycles. The normalized spacial score (nSPS) is 11.0. The molecule has 0 aromatic carbocycles. The van der Waals surface area contributed by atoms with E-state index in [1.54, 1.807) is 10.9 Å². The van der Waals surface area contributed by atoms with Gasteiger partial charge < -0.3 is 5.32 Å². The first-order valence-corrected chi connectivity index (χ1v) is 8.68. The number of rotatable bonds is 7. The van der Waals surface area contributed by atoms with Crippen LogP contribution in [0.4, 0.5) is 0 Å². The number of nitrogens with one attached hydrogen (secondary N) is 1. The lowest BCUT2D eigenvalue weighted by molar-refractivity contribution is 0.0956. The SMILES string of the molecule is CCCCCCNC(=O)c1sc2ncn(CC)c(=O)c2c1C. The van der Waals surface area contributed by atoms with Gasteiger partial charge in [0.15, 0.2) is 0 Å². The van der Waals surface area contributed by atoms with Crippen LogP contribution in [0.15, 0.2) is 11.1 Å². The molecule has 1 amide bonds. The highest BCUT2D eigenvalue weighted by Crippen LogP contribution is 2.26. The summed E-state index contributed by atoms with van der Waals surface area (Å²) in [6, 6.07) is 0. The molecule has 0 aliphatic carbocycles. The summed E-state index contributed by atoms with van der Waals surface area (Å²) >= 11 is 1.30. The molecule has 1 N–H and O–H groups in total. The fraction of sp³-hybridized carbons (Fsp3) is 0.562. The maximum Gasteiger partial charge on any atom is 0.262 e. The molecule has 2 heterocycles. The lowest BCUT2D eigenvalue weighted by Crippen LogP contribution is -2.24. The van der Waals surface area contributed by atoms with Crippen molar-refractivity contribution in [3.63, 3.8) is 0 Å². The molecule has 0 saturated heterocycles. The van der Waals surface area contributed by atoms with Crippen LogP contribution in [-0.4, -0.2) is 22.0 Å². The molecule has 0 atom stereocenters. The summed E-state index contributed by atoms with van der Waals surface area (Å²) in [7, 11) is 0. The number of nitrogens with zero attached hydrogens (tertiary/aromatic N) is 2. The zero-order valence-electron chi connectivity index (χ0n) is 13.4. The fourth-order valence-corrected chi connectivity index (χ4v) is 3.49. The Kier molecular flexibility index (Phi) is 5.71. The number of amides is 1. The molecule has 0 spiro atoms. The number of carbonyl (C=O) groups excluding carboxylic acids is 1. The molecule has 0 radical (unpaired) electrons. The van der Waals surface area contributed by atoms with Gasteiger partial charge in [-0.3, -0.25) is 14.2 Å². The first kappa shape index (κ1) is 16.7. The van der Waals surface area contributed by atoms with Crippen LogP contribution >= 0.6 is 11.3 Å². The van der Waals surface area contributed by atoms with Crippen molar-refractivity contribution in [3.05, 3.63) is 27.1 Å². The van der Waals surface area contributed by atoms with Crippen LogP contribution in [0, 0.1) is 6.92 Å². The lowest BCUT2D eigenvalue weighted by atomic mass is 10.2. The Morgan fingerprint density at radius 2 is 2.09 bits per heavy atom. The van der Waals surface area contributed by atoms with Gasteiger partial charge in [-0.15, -0.1) is 11.3 Å². The van der Waals surface area contributed by atoms with E-state index >= 15 is 0 Å². The van der Waals surface area contributed by atoms with Crippen molar-refractivity contribution in [2.24, 2.45) is 0 Å². The second kappa shape index (κ2) is 7.54. The Balaban J connectivity index is 2.18. The third-order valence-electron chi connectivity index (χ3n) is 3.78. The van der Waals surface area contributed by atoms with Gasteiger partial charge in [-0.05, 0) is 25.8 Å². The van der Waals surface area contributed by atoms with Crippen molar-refractivity contribution in [1.82, 2.24) is 14.9 Å². The molecule has 5 nitrogen and oxygen atoms in total. The molecule has 0 fully saturated rings. The predicted molar refractivity (Wildman–Crippen MR) is 90.8 cm³/mol. The Morgan fingerprint density at radius 3 is 2.77 bits per heavy atom. The minimum absolute atomic E-state index is 0.0664. The molecule has 2 aromatic heterocycles. The molecule has 2 aromatic rings. The van der Waals surface area contributed by atoms with Crippen LogP contribution in [0.5, 0.6) is 0 Å². The lowest BCUT2D eigenvalue weighted by Gasteiger charge is -2.04. The Hall–Kier alpha value is -1.69. The van der Waals surface area contributed by atoms with E-state index < -0.39 is 0 Å². The standard InChI is InChI=1S/C16H23N3O2S/c1-4-6-7-8-9-17-14(20)13-11(3)12-15(22-13)18-10-19(5-2)16(12)21/h10H,4-9H2,1-3H3,(H,17,20). The van der Waals surface area contributed by atoms with Crippen LogP contribution in [0.25, 0.3) is 10.2 Å². The molecule has 0 aliphatic rings. The molecule has 2 rings (SSSR count). The Bertz CT molecular complexity index is 718. The number of hydrogen-bond acceptors (Lipinski definition) is 4. The van der Waals surface area contributed by atoms with Gasteiger partial charge in [0.2, 0.25) is 0 Å². The van der Waals surface area contributed by atoms with Crippen LogP contribution in [0.2, 0.25) is 0 Å². The van der Waals surface area contributed by atoms with Gasteiger partial charge in [-0.25, -0.2) is 4.98 Å². The highest BCUT2D eigenvalue weighted by Gasteiger charge is 2.18. The van der Waals surface area contributed by atoms with E-state index in [4.69, 9.17) is 0 Å². The number of aryl methyl sites for hydroxylation is 2. The molecule has 0 unspecified atom stereocenters. The third kappa shape index (κ3) is 3.38. The molecule has 22 heavy (non-hydrogen) atoms. The molecular weight excluding hydrogens is 298 g/mol. The van der Waals surface area contributed by atoms with Crippen molar-refractivity contribution >= 4 is 27.5 Å². The smallest absolute Gasteiger partial charge is 0.262 e. The van der Waals surface area contributed by atoms with E-state index in [-0.39, 0.29) is 11.5 Å². The van der Waals surface area contributed by atoms with Crippen molar-refractivity contribution in [2.75, 3.05) is 6.54 Å². The van der Waals surface area contributed by atoms with Crippen molar-refractivity contribution < 1.29 is 4.79 Å². The molecule has 120 valence electrons. The van der Waals surface area contributed by atoms with Crippen molar-refractivity contribution in [3.8, 4) is 0 Å². The van der Waals surface area contributed by atoms with Crippen LogP contribution in [-0.2, 0) is 6.54 Å². The van der Waals surface area contributed by atoms with Gasteiger partial charge in [0.25, 0.3) is 11.5 Å². The van der Waals surface area contributed by atoms with E-state index in [9.17, 15) is 9.59 Å². The molecule has 0 bridgehead atoms. The van der Waals surface area contributed by atoms with Gasteiger partial charge >= 0.3 is 0 Å². The number of carbonyl (C=O) groups is 1. The van der Waals surface area contributed by atoms with E-state index in [2.05, 4.69) is 17.2 Å². The van der Waals surface area contributed by atoms with Crippen LogP contribution in [0.3, 0.4) is 0 Å². The van der Waals surface area contributed by atoms with Gasteiger partial charge in [0.05, 0.1) is 16.6 Å². The maximum absolute atomic E-state index is 12.3. The number of aromatic nitrogens is 2. The quantitative estimate of drug-likeness (QED) is 0.797. The second-order valence-corrected chi connectivity index (χ2v) is 6.39. The fourth-order valence-electron chi connectivity index (χ4n) is 2.44. The minimum atomic E-state index is -0.0977. The first-order valence-electron chi connectivity index (χ1n) is 7.86. The zero-order chi connectivity index (χ0) is 16.1. The number of unbranched alkanes of at least 4 members (excludes halogenated alkanes) is 3. The van der Waals surface area contributed by atoms with Crippen molar-refractivity contribution in [1.29, 1.82) is 0 Å². The largest absolute Gasteiger partial charge is 0.351 e. The second-order valence-electron chi connectivity index (χ2n) is 5.39. The van der Waals surface area contributed by atoms with Gasteiger partial charge in [0, 0.05) is 13.1 Å². The summed E-state index contributed by atoms with van der Waals surface area (Å²) < 4.78 is 1.56. The Morgan fingerprint density at radius 1 is 1.32 bits per heavy atom. The predicted octanol–water partition coefficient (Wildman–Crippen LogP) is 3.10. The van der Waals surface area contributed by atoms with E-state index in [1.165, 1.54) is 24.2 Å². The number of thiophene rings is 1. The summed E-state index contributed by atoms with van der Waals surface area (Å²) in [6.45, 7) is 7.15. The summed E-state index contributed by atoms with van der Waals surface area (Å²) in [5.74, 6) is -0.0977. The first-order chi connectivity index (χ1) is 10.6. The monoisotopic (exact) mass is 321 g/mol. The number of fused-ring (bicyclic) bond motifs is 1. The topological polar surface area (TPSA) is 64.0 Å². The van der Waals surface area contributed by atoms with Crippen LogP contribution in [0.1, 0.15) is 54.8 Å².